The lowest BCUT2D eigenvalue weighted by atomic mass is 10.2. The zero-order chi connectivity index (χ0) is 18.6. The minimum absolute atomic E-state index is 0.0446. The number of benzene rings is 2. The van der Waals surface area contributed by atoms with Crippen LogP contribution in [0.3, 0.4) is 0 Å². The second kappa shape index (κ2) is 8.06. The molecule has 0 fully saturated rings. The first-order valence-electron chi connectivity index (χ1n) is 6.06. The van der Waals surface area contributed by atoms with Crippen LogP contribution in [0.5, 0.6) is 0 Å². The molecule has 0 radical (unpaired) electrons. The molecule has 0 aliphatic heterocycles. The lowest BCUT2D eigenvalue weighted by Gasteiger charge is -2.02. The third-order valence-electron chi connectivity index (χ3n) is 2.68. The third-order valence-corrected chi connectivity index (χ3v) is 3.90. The molecule has 0 aromatic heterocycles. The summed E-state index contributed by atoms with van der Waals surface area (Å²) in [5, 5.41) is 8.56. The number of anilines is 2. The van der Waals surface area contributed by atoms with Crippen LogP contribution in [0, 0.1) is 11.6 Å². The number of carboxylic acids is 1. The SMILES string of the molecule is NC(=O)c1cc(Br)c(F)cc1N.Nc1cc(F)c(Br)cc1C(=O)O. The van der Waals surface area contributed by atoms with Crippen molar-refractivity contribution < 1.29 is 23.5 Å². The summed E-state index contributed by atoms with van der Waals surface area (Å²) >= 11 is 5.76. The van der Waals surface area contributed by atoms with E-state index in [4.69, 9.17) is 22.3 Å². The van der Waals surface area contributed by atoms with Gasteiger partial charge in [0.15, 0.2) is 0 Å². The maximum absolute atomic E-state index is 12.7. The van der Waals surface area contributed by atoms with Crippen molar-refractivity contribution in [3.63, 3.8) is 0 Å². The molecule has 0 unspecified atom stereocenters. The van der Waals surface area contributed by atoms with Gasteiger partial charge in [-0.2, -0.15) is 0 Å². The summed E-state index contributed by atoms with van der Waals surface area (Å²) in [5.41, 5.74) is 15.5. The topological polar surface area (TPSA) is 132 Å². The van der Waals surface area contributed by atoms with Gasteiger partial charge in [-0.15, -0.1) is 0 Å². The second-order valence-corrected chi connectivity index (χ2v) is 6.09. The number of carbonyl (C=O) groups is 2. The fraction of sp³-hybridized carbons (Fsp3) is 0. The van der Waals surface area contributed by atoms with Gasteiger partial charge in [-0.3, -0.25) is 4.79 Å². The van der Waals surface area contributed by atoms with Gasteiger partial charge in [-0.25, -0.2) is 13.6 Å². The molecule has 2 rings (SSSR count). The van der Waals surface area contributed by atoms with E-state index in [0.717, 1.165) is 18.2 Å². The maximum Gasteiger partial charge on any atom is 0.337 e. The third kappa shape index (κ3) is 4.90. The number of carboxylic acid groups (broad SMARTS) is 1. The number of rotatable bonds is 2. The van der Waals surface area contributed by atoms with E-state index in [9.17, 15) is 18.4 Å². The van der Waals surface area contributed by atoms with Crippen molar-refractivity contribution in [2.45, 2.75) is 0 Å². The quantitative estimate of drug-likeness (QED) is 0.504. The highest BCUT2D eigenvalue weighted by Gasteiger charge is 2.11. The number of carbonyl (C=O) groups excluding carboxylic acids is 1. The number of hydrogen-bond donors (Lipinski definition) is 4. The molecule has 0 spiro atoms. The Morgan fingerprint density at radius 2 is 1.25 bits per heavy atom. The van der Waals surface area contributed by atoms with Crippen molar-refractivity contribution in [3.05, 3.63) is 56.0 Å². The molecule has 2 aromatic rings. The van der Waals surface area contributed by atoms with Gasteiger partial charge in [0.05, 0.1) is 20.1 Å². The van der Waals surface area contributed by atoms with Gasteiger partial charge in [0.2, 0.25) is 0 Å². The van der Waals surface area contributed by atoms with Crippen LogP contribution in [0.2, 0.25) is 0 Å². The molecule has 6 nitrogen and oxygen atoms in total. The van der Waals surface area contributed by atoms with Crippen LogP contribution in [0.15, 0.2) is 33.2 Å². The summed E-state index contributed by atoms with van der Waals surface area (Å²) in [4.78, 5) is 21.1. The monoisotopic (exact) mass is 465 g/mol. The summed E-state index contributed by atoms with van der Waals surface area (Å²) in [6, 6.07) is 4.40. The predicted octanol–water partition coefficient (Wildman–Crippen LogP) is 3.14. The molecule has 128 valence electrons. The Balaban J connectivity index is 0.000000240. The van der Waals surface area contributed by atoms with E-state index in [2.05, 4.69) is 31.9 Å². The summed E-state index contributed by atoms with van der Waals surface area (Å²) < 4.78 is 25.7. The molecule has 0 aliphatic rings. The van der Waals surface area contributed by atoms with Gasteiger partial charge in [0.1, 0.15) is 11.6 Å². The minimum Gasteiger partial charge on any atom is -0.478 e. The Morgan fingerprint density at radius 1 is 0.875 bits per heavy atom. The number of amides is 1. The first kappa shape index (κ1) is 19.8. The van der Waals surface area contributed by atoms with Crippen molar-refractivity contribution in [2.24, 2.45) is 5.73 Å². The summed E-state index contributed by atoms with van der Waals surface area (Å²) in [6.45, 7) is 0. The zero-order valence-electron chi connectivity index (χ0n) is 11.8. The fourth-order valence-electron chi connectivity index (χ4n) is 1.52. The summed E-state index contributed by atoms with van der Waals surface area (Å²) in [5.74, 6) is -2.93. The number of primary amides is 1. The summed E-state index contributed by atoms with van der Waals surface area (Å²) in [6.07, 6.45) is 0. The molecule has 10 heteroatoms. The molecule has 0 heterocycles. The van der Waals surface area contributed by atoms with Crippen molar-refractivity contribution in [2.75, 3.05) is 11.5 Å². The first-order valence-corrected chi connectivity index (χ1v) is 7.65. The number of hydrogen-bond acceptors (Lipinski definition) is 4. The van der Waals surface area contributed by atoms with Crippen LogP contribution in [-0.2, 0) is 0 Å². The Kier molecular flexibility index (Phi) is 6.67. The zero-order valence-corrected chi connectivity index (χ0v) is 15.0. The van der Waals surface area contributed by atoms with Gasteiger partial charge in [0, 0.05) is 11.4 Å². The highest BCUT2D eigenvalue weighted by molar-refractivity contribution is 9.10. The predicted molar refractivity (Wildman–Crippen MR) is 92.5 cm³/mol. The fourth-order valence-corrected chi connectivity index (χ4v) is 2.21. The highest BCUT2D eigenvalue weighted by Crippen LogP contribution is 2.22. The molecule has 2 aromatic carbocycles. The van der Waals surface area contributed by atoms with E-state index >= 15 is 0 Å². The molecule has 0 atom stereocenters. The van der Waals surface area contributed by atoms with Crippen molar-refractivity contribution >= 4 is 55.1 Å². The van der Waals surface area contributed by atoms with Crippen molar-refractivity contribution in [3.8, 4) is 0 Å². The average Bonchev–Trinajstić information content (AvgIpc) is 2.46. The Labute approximate surface area is 151 Å². The van der Waals surface area contributed by atoms with Crippen molar-refractivity contribution in [1.82, 2.24) is 0 Å². The highest BCUT2D eigenvalue weighted by atomic mass is 79.9. The minimum atomic E-state index is -1.17. The average molecular weight is 467 g/mol. The summed E-state index contributed by atoms with van der Waals surface area (Å²) in [7, 11) is 0. The number of aromatic carboxylic acids is 1. The molecule has 0 saturated heterocycles. The number of nitrogens with two attached hydrogens (primary N) is 3. The molecular weight excluding hydrogens is 456 g/mol. The maximum atomic E-state index is 12.7. The molecule has 0 bridgehead atoms. The second-order valence-electron chi connectivity index (χ2n) is 4.38. The normalized spacial score (nSPS) is 9.83. The largest absolute Gasteiger partial charge is 0.478 e. The molecular formula is C14H11Br2F2N3O3. The van der Waals surface area contributed by atoms with E-state index < -0.39 is 23.5 Å². The number of nitrogen functional groups attached to an aromatic ring is 2. The smallest absolute Gasteiger partial charge is 0.337 e. The Bertz CT molecular complexity index is 749. The molecule has 0 saturated carbocycles. The van der Waals surface area contributed by atoms with Crippen LogP contribution in [0.1, 0.15) is 20.7 Å². The van der Waals surface area contributed by atoms with Gasteiger partial charge < -0.3 is 22.3 Å². The van der Waals surface area contributed by atoms with E-state index in [1.807, 2.05) is 0 Å². The lowest BCUT2D eigenvalue weighted by Crippen LogP contribution is -2.13. The number of halogens is 4. The van der Waals surface area contributed by atoms with Gasteiger partial charge >= 0.3 is 5.97 Å². The van der Waals surface area contributed by atoms with Crippen LogP contribution in [0.4, 0.5) is 20.2 Å². The molecule has 7 N–H and O–H groups in total. The van der Waals surface area contributed by atoms with E-state index in [-0.39, 0.29) is 31.4 Å². The van der Waals surface area contributed by atoms with Crippen LogP contribution in [0.25, 0.3) is 0 Å². The first-order chi connectivity index (χ1) is 11.0. The van der Waals surface area contributed by atoms with Gasteiger partial charge in [-0.05, 0) is 56.1 Å². The van der Waals surface area contributed by atoms with Gasteiger partial charge in [0.25, 0.3) is 5.91 Å². The standard InChI is InChI=1S/C7H6BrFN2O.C7H5BrFNO2/c2*8-4-1-3(7(11)12)6(10)2-5(4)9/h1-2H,10H2,(H2,11,12);1-2H,10H2,(H,11,12). The lowest BCUT2D eigenvalue weighted by molar-refractivity contribution is 0.0697. The van der Waals surface area contributed by atoms with E-state index in [1.54, 1.807) is 0 Å². The molecule has 0 aliphatic carbocycles. The molecule has 24 heavy (non-hydrogen) atoms. The van der Waals surface area contributed by atoms with Crippen molar-refractivity contribution in [1.29, 1.82) is 0 Å². The Morgan fingerprint density at radius 3 is 1.62 bits per heavy atom. The van der Waals surface area contributed by atoms with Crippen LogP contribution >= 0.6 is 31.9 Å². The van der Waals surface area contributed by atoms with Crippen LogP contribution in [-0.4, -0.2) is 17.0 Å². The Hall–Kier alpha value is -2.20. The molecule has 1 amide bonds. The van der Waals surface area contributed by atoms with E-state index in [1.165, 1.54) is 6.07 Å². The van der Waals surface area contributed by atoms with Gasteiger partial charge in [-0.1, -0.05) is 0 Å². The van der Waals surface area contributed by atoms with E-state index in [0.29, 0.717) is 0 Å². The van der Waals surface area contributed by atoms with Crippen LogP contribution < -0.4 is 17.2 Å².